The average molecular weight is 278 g/mol. The minimum Gasteiger partial charge on any atom is -0.489 e. The summed E-state index contributed by atoms with van der Waals surface area (Å²) >= 11 is 0. The van der Waals surface area contributed by atoms with Crippen LogP contribution in [0.1, 0.15) is 5.56 Å². The van der Waals surface area contributed by atoms with E-state index in [1.807, 2.05) is 60.7 Å². The summed E-state index contributed by atoms with van der Waals surface area (Å²) in [5, 5.41) is 0. The SMILES string of the molecule is O=c1oc(-c2ccccc2)ccc1COc1ccccc1. The molecular weight excluding hydrogens is 264 g/mol. The van der Waals surface area contributed by atoms with Crippen molar-refractivity contribution in [3.05, 3.63) is 88.8 Å². The maximum atomic E-state index is 12.0. The van der Waals surface area contributed by atoms with E-state index >= 15 is 0 Å². The van der Waals surface area contributed by atoms with E-state index in [0.717, 1.165) is 11.3 Å². The lowest BCUT2D eigenvalue weighted by Crippen LogP contribution is -2.10. The Morgan fingerprint density at radius 1 is 0.810 bits per heavy atom. The molecule has 3 aromatic rings. The predicted octanol–water partition coefficient (Wildman–Crippen LogP) is 3.89. The maximum Gasteiger partial charge on any atom is 0.342 e. The Kier molecular flexibility index (Phi) is 3.83. The van der Waals surface area contributed by atoms with E-state index in [2.05, 4.69) is 0 Å². The Labute approximate surface area is 122 Å². The van der Waals surface area contributed by atoms with Crippen LogP contribution in [0.25, 0.3) is 11.3 Å². The van der Waals surface area contributed by atoms with Crippen LogP contribution in [0.5, 0.6) is 5.75 Å². The summed E-state index contributed by atoms with van der Waals surface area (Å²) in [6.07, 6.45) is 0. The normalized spacial score (nSPS) is 10.3. The Balaban J connectivity index is 1.78. The van der Waals surface area contributed by atoms with Crippen LogP contribution >= 0.6 is 0 Å². The van der Waals surface area contributed by atoms with Crippen molar-refractivity contribution in [2.45, 2.75) is 6.61 Å². The average Bonchev–Trinajstić information content (AvgIpc) is 2.55. The first kappa shape index (κ1) is 13.2. The van der Waals surface area contributed by atoms with E-state index in [-0.39, 0.29) is 12.2 Å². The molecule has 2 aromatic carbocycles. The van der Waals surface area contributed by atoms with Gasteiger partial charge in [0.1, 0.15) is 18.1 Å². The molecule has 3 heteroatoms. The van der Waals surface area contributed by atoms with Crippen molar-refractivity contribution >= 4 is 0 Å². The van der Waals surface area contributed by atoms with Gasteiger partial charge in [0.15, 0.2) is 0 Å². The van der Waals surface area contributed by atoms with E-state index in [9.17, 15) is 4.79 Å². The first-order valence-electron chi connectivity index (χ1n) is 6.69. The van der Waals surface area contributed by atoms with E-state index in [1.165, 1.54) is 0 Å². The van der Waals surface area contributed by atoms with Crippen molar-refractivity contribution in [1.29, 1.82) is 0 Å². The molecule has 1 heterocycles. The number of hydrogen-bond donors (Lipinski definition) is 0. The van der Waals surface area contributed by atoms with Crippen molar-refractivity contribution < 1.29 is 9.15 Å². The molecule has 1 aromatic heterocycles. The molecule has 0 fully saturated rings. The second kappa shape index (κ2) is 6.09. The third kappa shape index (κ3) is 3.20. The zero-order chi connectivity index (χ0) is 14.5. The number of hydrogen-bond acceptors (Lipinski definition) is 3. The second-order valence-electron chi connectivity index (χ2n) is 4.58. The fraction of sp³-hybridized carbons (Fsp3) is 0.0556. The van der Waals surface area contributed by atoms with Gasteiger partial charge >= 0.3 is 5.63 Å². The second-order valence-corrected chi connectivity index (χ2v) is 4.58. The van der Waals surface area contributed by atoms with Crippen LogP contribution < -0.4 is 10.4 Å². The van der Waals surface area contributed by atoms with Gasteiger partial charge in [0.25, 0.3) is 0 Å². The summed E-state index contributed by atoms with van der Waals surface area (Å²) in [4.78, 5) is 12.0. The quantitative estimate of drug-likeness (QED) is 0.727. The van der Waals surface area contributed by atoms with E-state index in [1.54, 1.807) is 12.1 Å². The zero-order valence-corrected chi connectivity index (χ0v) is 11.4. The lowest BCUT2D eigenvalue weighted by molar-refractivity contribution is 0.299. The minimum absolute atomic E-state index is 0.196. The van der Waals surface area contributed by atoms with Crippen molar-refractivity contribution in [1.82, 2.24) is 0 Å². The van der Waals surface area contributed by atoms with Gasteiger partial charge in [0.05, 0.1) is 5.56 Å². The first-order chi connectivity index (χ1) is 10.3. The molecule has 0 unspecified atom stereocenters. The lowest BCUT2D eigenvalue weighted by Gasteiger charge is -2.06. The smallest absolute Gasteiger partial charge is 0.342 e. The molecule has 0 atom stereocenters. The molecule has 0 saturated heterocycles. The predicted molar refractivity (Wildman–Crippen MR) is 81.2 cm³/mol. The minimum atomic E-state index is -0.368. The molecule has 0 bridgehead atoms. The number of ether oxygens (including phenoxy) is 1. The van der Waals surface area contributed by atoms with Crippen molar-refractivity contribution in [3.8, 4) is 17.1 Å². The molecule has 0 N–H and O–H groups in total. The summed E-state index contributed by atoms with van der Waals surface area (Å²) in [6, 6.07) is 22.4. The molecule has 0 saturated carbocycles. The molecule has 3 nitrogen and oxygen atoms in total. The number of para-hydroxylation sites is 1. The van der Waals surface area contributed by atoms with Crippen LogP contribution in [-0.2, 0) is 6.61 Å². The van der Waals surface area contributed by atoms with E-state index < -0.39 is 0 Å². The van der Waals surface area contributed by atoms with Gasteiger partial charge in [-0.15, -0.1) is 0 Å². The van der Waals surface area contributed by atoms with Crippen molar-refractivity contribution in [3.63, 3.8) is 0 Å². The number of benzene rings is 2. The highest BCUT2D eigenvalue weighted by atomic mass is 16.5. The molecule has 0 aliphatic carbocycles. The molecule has 0 aliphatic rings. The van der Waals surface area contributed by atoms with Gasteiger partial charge in [-0.25, -0.2) is 4.79 Å². The molecule has 0 spiro atoms. The summed E-state index contributed by atoms with van der Waals surface area (Å²) in [5.41, 5.74) is 1.01. The lowest BCUT2D eigenvalue weighted by atomic mass is 10.1. The summed E-state index contributed by atoms with van der Waals surface area (Å²) < 4.78 is 10.9. The highest BCUT2D eigenvalue weighted by molar-refractivity contribution is 5.56. The fourth-order valence-corrected chi connectivity index (χ4v) is 1.99. The Hall–Kier alpha value is -2.81. The molecule has 0 amide bonds. The zero-order valence-electron chi connectivity index (χ0n) is 11.4. The first-order valence-corrected chi connectivity index (χ1v) is 6.69. The van der Waals surface area contributed by atoms with Crippen LogP contribution in [0, 0.1) is 0 Å². The van der Waals surface area contributed by atoms with Crippen LogP contribution in [0.3, 0.4) is 0 Å². The van der Waals surface area contributed by atoms with Crippen LogP contribution in [0.4, 0.5) is 0 Å². The maximum absolute atomic E-state index is 12.0. The molecule has 104 valence electrons. The van der Waals surface area contributed by atoms with Gasteiger partial charge in [-0.2, -0.15) is 0 Å². The van der Waals surface area contributed by atoms with Gasteiger partial charge in [-0.3, -0.25) is 0 Å². The van der Waals surface area contributed by atoms with E-state index in [0.29, 0.717) is 11.3 Å². The topological polar surface area (TPSA) is 39.4 Å². The fourth-order valence-electron chi connectivity index (χ4n) is 1.99. The Morgan fingerprint density at radius 3 is 2.14 bits per heavy atom. The summed E-state index contributed by atoms with van der Waals surface area (Å²) in [5.74, 6) is 1.29. The van der Waals surface area contributed by atoms with Crippen molar-refractivity contribution in [2.75, 3.05) is 0 Å². The van der Waals surface area contributed by atoms with Crippen LogP contribution in [0.15, 0.2) is 82.0 Å². The largest absolute Gasteiger partial charge is 0.489 e. The van der Waals surface area contributed by atoms with Gasteiger partial charge in [0.2, 0.25) is 0 Å². The van der Waals surface area contributed by atoms with Crippen LogP contribution in [-0.4, -0.2) is 0 Å². The third-order valence-electron chi connectivity index (χ3n) is 3.10. The summed E-state index contributed by atoms with van der Waals surface area (Å²) in [7, 11) is 0. The van der Waals surface area contributed by atoms with Gasteiger partial charge in [0, 0.05) is 5.56 Å². The van der Waals surface area contributed by atoms with E-state index in [4.69, 9.17) is 9.15 Å². The van der Waals surface area contributed by atoms with Gasteiger partial charge < -0.3 is 9.15 Å². The monoisotopic (exact) mass is 278 g/mol. The third-order valence-corrected chi connectivity index (χ3v) is 3.10. The standard InChI is InChI=1S/C18H14O3/c19-18-15(13-20-16-9-5-2-6-10-16)11-12-17(21-18)14-7-3-1-4-8-14/h1-12H,13H2. The Morgan fingerprint density at radius 2 is 1.48 bits per heavy atom. The van der Waals surface area contributed by atoms with Crippen LogP contribution in [0.2, 0.25) is 0 Å². The summed E-state index contributed by atoms with van der Waals surface area (Å²) in [6.45, 7) is 0.196. The Bertz CT molecular complexity index is 761. The van der Waals surface area contributed by atoms with Gasteiger partial charge in [-0.1, -0.05) is 48.5 Å². The molecule has 3 rings (SSSR count). The van der Waals surface area contributed by atoms with Crippen molar-refractivity contribution in [2.24, 2.45) is 0 Å². The molecule has 21 heavy (non-hydrogen) atoms. The molecular formula is C18H14O3. The number of rotatable bonds is 4. The van der Waals surface area contributed by atoms with Gasteiger partial charge in [-0.05, 0) is 24.3 Å². The molecule has 0 radical (unpaired) electrons. The highest BCUT2D eigenvalue weighted by Gasteiger charge is 2.06. The highest BCUT2D eigenvalue weighted by Crippen LogP contribution is 2.17. The molecule has 0 aliphatic heterocycles.